The van der Waals surface area contributed by atoms with Gasteiger partial charge in [-0.3, -0.25) is 0 Å². The zero-order chi connectivity index (χ0) is 8.27. The first-order valence-corrected chi connectivity index (χ1v) is 3.99. The van der Waals surface area contributed by atoms with Crippen LogP contribution in [0, 0.1) is 0 Å². The smallest absolute Gasteiger partial charge is 0.0360 e. The Morgan fingerprint density at radius 1 is 1.45 bits per heavy atom. The van der Waals surface area contributed by atoms with E-state index in [2.05, 4.69) is 30.6 Å². The van der Waals surface area contributed by atoms with Gasteiger partial charge < -0.3 is 10.6 Å². The van der Waals surface area contributed by atoms with Gasteiger partial charge in [-0.1, -0.05) is 11.6 Å². The van der Waals surface area contributed by atoms with E-state index in [1.807, 2.05) is 7.05 Å². The highest BCUT2D eigenvalue weighted by Crippen LogP contribution is 2.09. The summed E-state index contributed by atoms with van der Waals surface area (Å²) in [6, 6.07) is 0. The van der Waals surface area contributed by atoms with Gasteiger partial charge >= 0.3 is 0 Å². The van der Waals surface area contributed by atoms with Crippen LogP contribution in [-0.2, 0) is 0 Å². The largest absolute Gasteiger partial charge is 0.390 e. The first-order valence-electron chi connectivity index (χ1n) is 3.99. The average molecular weight is 152 g/mol. The van der Waals surface area contributed by atoms with Crippen molar-refractivity contribution in [2.45, 2.75) is 13.8 Å². The van der Waals surface area contributed by atoms with E-state index in [9.17, 15) is 0 Å². The summed E-state index contributed by atoms with van der Waals surface area (Å²) in [4.78, 5) is 0. The lowest BCUT2D eigenvalue weighted by molar-refractivity contribution is 0.832. The Hall–Kier alpha value is -0.760. The molecule has 0 unspecified atom stereocenters. The first kappa shape index (κ1) is 8.34. The predicted octanol–water partition coefficient (Wildman–Crippen LogP) is 1.03. The zero-order valence-electron chi connectivity index (χ0n) is 7.49. The number of allylic oxidation sites excluding steroid dienone is 1. The summed E-state index contributed by atoms with van der Waals surface area (Å²) in [7, 11) is 1.97. The van der Waals surface area contributed by atoms with Gasteiger partial charge in [0, 0.05) is 25.8 Å². The second kappa shape index (κ2) is 3.58. The summed E-state index contributed by atoms with van der Waals surface area (Å²) in [5.74, 6) is 0. The molecule has 2 N–H and O–H groups in total. The Balaban J connectivity index is 2.75. The fraction of sp³-hybridized carbons (Fsp3) is 0.556. The van der Waals surface area contributed by atoms with E-state index in [0.29, 0.717) is 0 Å². The van der Waals surface area contributed by atoms with E-state index < -0.39 is 0 Å². The van der Waals surface area contributed by atoms with E-state index in [1.54, 1.807) is 0 Å². The zero-order valence-corrected chi connectivity index (χ0v) is 7.49. The Morgan fingerprint density at radius 3 is 2.73 bits per heavy atom. The van der Waals surface area contributed by atoms with Crippen LogP contribution in [0.4, 0.5) is 0 Å². The third-order valence-electron chi connectivity index (χ3n) is 1.77. The summed E-state index contributed by atoms with van der Waals surface area (Å²) >= 11 is 0. The molecular formula is C9H16N2. The Kier molecular flexibility index (Phi) is 2.71. The lowest BCUT2D eigenvalue weighted by Crippen LogP contribution is -2.14. The van der Waals surface area contributed by atoms with Crippen LogP contribution in [0.25, 0.3) is 0 Å². The molecule has 1 aliphatic heterocycles. The van der Waals surface area contributed by atoms with Crippen molar-refractivity contribution in [3.8, 4) is 0 Å². The third kappa shape index (κ3) is 2.09. The van der Waals surface area contributed by atoms with E-state index in [4.69, 9.17) is 0 Å². The molecule has 11 heavy (non-hydrogen) atoms. The van der Waals surface area contributed by atoms with Gasteiger partial charge in [0.2, 0.25) is 0 Å². The maximum Gasteiger partial charge on any atom is 0.0360 e. The Morgan fingerprint density at radius 2 is 2.18 bits per heavy atom. The molecule has 1 aliphatic rings. The Bertz CT molecular complexity index is 198. The molecule has 1 rings (SSSR count). The monoisotopic (exact) mass is 152 g/mol. The van der Waals surface area contributed by atoms with Gasteiger partial charge in [-0.2, -0.15) is 0 Å². The molecule has 0 aromatic carbocycles. The van der Waals surface area contributed by atoms with Gasteiger partial charge in [0.25, 0.3) is 0 Å². The normalized spacial score (nSPS) is 17.0. The van der Waals surface area contributed by atoms with Gasteiger partial charge in [0.05, 0.1) is 0 Å². The van der Waals surface area contributed by atoms with Crippen LogP contribution in [0.5, 0.6) is 0 Å². The highest BCUT2D eigenvalue weighted by atomic mass is 15.0. The Labute approximate surface area is 68.4 Å². The maximum absolute atomic E-state index is 3.30. The van der Waals surface area contributed by atoms with Crippen molar-refractivity contribution in [3.05, 3.63) is 22.9 Å². The van der Waals surface area contributed by atoms with E-state index in [1.165, 1.54) is 16.8 Å². The lowest BCUT2D eigenvalue weighted by Gasteiger charge is -2.00. The number of rotatable bonds is 2. The van der Waals surface area contributed by atoms with Gasteiger partial charge in [0.1, 0.15) is 0 Å². The van der Waals surface area contributed by atoms with Gasteiger partial charge in [-0.25, -0.2) is 0 Å². The fourth-order valence-electron chi connectivity index (χ4n) is 1.28. The van der Waals surface area contributed by atoms with E-state index >= 15 is 0 Å². The predicted molar refractivity (Wildman–Crippen MR) is 48.4 cm³/mol. The molecule has 0 aliphatic carbocycles. The summed E-state index contributed by atoms with van der Waals surface area (Å²) in [6.45, 7) is 6.23. The molecule has 0 aromatic rings. The van der Waals surface area contributed by atoms with Crippen LogP contribution >= 0.6 is 0 Å². The second-order valence-corrected chi connectivity index (χ2v) is 3.08. The maximum atomic E-state index is 3.30. The van der Waals surface area contributed by atoms with Crippen LogP contribution in [0.15, 0.2) is 22.9 Å². The van der Waals surface area contributed by atoms with Crippen molar-refractivity contribution in [1.82, 2.24) is 10.6 Å². The lowest BCUT2D eigenvalue weighted by atomic mass is 10.2. The van der Waals surface area contributed by atoms with Crippen LogP contribution in [-0.4, -0.2) is 20.1 Å². The van der Waals surface area contributed by atoms with Crippen molar-refractivity contribution >= 4 is 0 Å². The standard InChI is InChI=1S/C9H16N2/c1-7(2)4-8-5-11-6-9(8)10-3/h4,10-11H,5-6H2,1-3H3. The third-order valence-corrected chi connectivity index (χ3v) is 1.77. The summed E-state index contributed by atoms with van der Waals surface area (Å²) < 4.78 is 0. The molecule has 0 aromatic heterocycles. The van der Waals surface area contributed by atoms with Crippen molar-refractivity contribution in [2.75, 3.05) is 20.1 Å². The van der Waals surface area contributed by atoms with Crippen molar-refractivity contribution < 1.29 is 0 Å². The van der Waals surface area contributed by atoms with Crippen molar-refractivity contribution in [3.63, 3.8) is 0 Å². The van der Waals surface area contributed by atoms with Crippen molar-refractivity contribution in [2.24, 2.45) is 0 Å². The molecule has 0 amide bonds. The molecule has 1 heterocycles. The van der Waals surface area contributed by atoms with E-state index in [-0.39, 0.29) is 0 Å². The molecule has 2 nitrogen and oxygen atoms in total. The molecule has 0 fully saturated rings. The average Bonchev–Trinajstić information content (AvgIpc) is 2.34. The minimum atomic E-state index is 0.982. The van der Waals surface area contributed by atoms with Crippen LogP contribution in [0.1, 0.15) is 13.8 Å². The molecule has 2 heteroatoms. The summed E-state index contributed by atoms with van der Waals surface area (Å²) in [5, 5.41) is 6.49. The summed E-state index contributed by atoms with van der Waals surface area (Å²) in [5.41, 5.74) is 4.08. The molecule has 0 bridgehead atoms. The van der Waals surface area contributed by atoms with Gasteiger partial charge in [-0.15, -0.1) is 0 Å². The molecule has 62 valence electrons. The SMILES string of the molecule is CNC1=C(C=C(C)C)CNC1. The minimum absolute atomic E-state index is 0.982. The molecule has 0 atom stereocenters. The fourth-order valence-corrected chi connectivity index (χ4v) is 1.28. The highest BCUT2D eigenvalue weighted by Gasteiger charge is 2.09. The quantitative estimate of drug-likeness (QED) is 0.617. The number of nitrogens with one attached hydrogen (secondary N) is 2. The van der Waals surface area contributed by atoms with Crippen LogP contribution < -0.4 is 10.6 Å². The molecule has 0 spiro atoms. The molecular weight excluding hydrogens is 136 g/mol. The second-order valence-electron chi connectivity index (χ2n) is 3.08. The van der Waals surface area contributed by atoms with Crippen LogP contribution in [0.3, 0.4) is 0 Å². The van der Waals surface area contributed by atoms with Crippen LogP contribution in [0.2, 0.25) is 0 Å². The number of hydrogen-bond donors (Lipinski definition) is 2. The number of likely N-dealkylation sites (N-methyl/N-ethyl adjacent to an activating group) is 1. The van der Waals surface area contributed by atoms with Crippen molar-refractivity contribution in [1.29, 1.82) is 0 Å². The molecule has 0 radical (unpaired) electrons. The van der Waals surface area contributed by atoms with E-state index in [0.717, 1.165) is 13.1 Å². The van der Waals surface area contributed by atoms with Gasteiger partial charge in [-0.05, 0) is 19.4 Å². The number of hydrogen-bond acceptors (Lipinski definition) is 2. The topological polar surface area (TPSA) is 24.1 Å². The first-order chi connectivity index (χ1) is 5.24. The highest BCUT2D eigenvalue weighted by molar-refractivity contribution is 5.32. The minimum Gasteiger partial charge on any atom is -0.390 e. The molecule has 0 saturated carbocycles. The molecule has 0 saturated heterocycles. The summed E-state index contributed by atoms with van der Waals surface area (Å²) in [6.07, 6.45) is 2.23. The van der Waals surface area contributed by atoms with Gasteiger partial charge in [0.15, 0.2) is 0 Å².